The third-order valence-electron chi connectivity index (χ3n) is 4.97. The number of carbonyl (C=O) groups excluding carboxylic acids is 2. The summed E-state index contributed by atoms with van der Waals surface area (Å²) in [7, 11) is 4.21. The highest BCUT2D eigenvalue weighted by molar-refractivity contribution is 6.10. The second kappa shape index (κ2) is 7.80. The van der Waals surface area contributed by atoms with Crippen molar-refractivity contribution < 1.29 is 28.5 Å². The Hall–Kier alpha value is -3.22. The maximum atomic E-state index is 13.0. The van der Waals surface area contributed by atoms with Crippen LogP contribution in [0.2, 0.25) is 0 Å². The Morgan fingerprint density at radius 2 is 1.68 bits per heavy atom. The van der Waals surface area contributed by atoms with Crippen LogP contribution in [0.15, 0.2) is 30.3 Å². The van der Waals surface area contributed by atoms with Crippen molar-refractivity contribution in [2.45, 2.75) is 25.9 Å². The molecule has 0 aliphatic carbocycles. The molecule has 1 aliphatic heterocycles. The molecule has 2 aromatic rings. The van der Waals surface area contributed by atoms with Crippen LogP contribution >= 0.6 is 0 Å². The summed E-state index contributed by atoms with van der Waals surface area (Å²) in [4.78, 5) is 25.2. The molecule has 3 rings (SSSR count). The molecule has 2 atom stereocenters. The highest BCUT2D eigenvalue weighted by Gasteiger charge is 2.31. The molecule has 0 fully saturated rings. The maximum Gasteiger partial charge on any atom is 0.340 e. The lowest BCUT2D eigenvalue weighted by Crippen LogP contribution is -2.17. The van der Waals surface area contributed by atoms with Crippen molar-refractivity contribution >= 4 is 17.6 Å². The van der Waals surface area contributed by atoms with Crippen molar-refractivity contribution in [2.24, 2.45) is 0 Å². The Morgan fingerprint density at radius 1 is 1.00 bits per heavy atom. The van der Waals surface area contributed by atoms with Gasteiger partial charge in [0.2, 0.25) is 0 Å². The summed E-state index contributed by atoms with van der Waals surface area (Å²) in [6.45, 7) is 4.03. The highest BCUT2D eigenvalue weighted by Crippen LogP contribution is 2.41. The molecule has 0 saturated carbocycles. The second-order valence-electron chi connectivity index (χ2n) is 6.53. The van der Waals surface area contributed by atoms with Gasteiger partial charge in [0.15, 0.2) is 11.5 Å². The summed E-state index contributed by atoms with van der Waals surface area (Å²) in [5.74, 6) is 0.493. The van der Waals surface area contributed by atoms with Crippen LogP contribution in [0.4, 0.5) is 5.69 Å². The molecule has 2 aromatic carbocycles. The van der Waals surface area contributed by atoms with Gasteiger partial charge in [-0.25, -0.2) is 4.79 Å². The number of hydrogen-bond donors (Lipinski definition) is 1. The normalized spacial score (nSPS) is 17.3. The Balaban J connectivity index is 2.00. The first-order valence-corrected chi connectivity index (χ1v) is 8.86. The Kier molecular flexibility index (Phi) is 5.44. The smallest absolute Gasteiger partial charge is 0.340 e. The summed E-state index contributed by atoms with van der Waals surface area (Å²) in [6.07, 6.45) is -0.0179. The number of rotatable bonds is 5. The van der Waals surface area contributed by atoms with Crippen LogP contribution in [-0.4, -0.2) is 39.3 Å². The Bertz CT molecular complexity index is 923. The molecule has 28 heavy (non-hydrogen) atoms. The minimum atomic E-state index is -0.604. The first kappa shape index (κ1) is 19.5. The highest BCUT2D eigenvalue weighted by atomic mass is 16.5. The lowest BCUT2D eigenvalue weighted by Gasteiger charge is -2.15. The zero-order valence-electron chi connectivity index (χ0n) is 16.5. The first-order chi connectivity index (χ1) is 13.4. The third kappa shape index (κ3) is 3.35. The van der Waals surface area contributed by atoms with Gasteiger partial charge in [-0.1, -0.05) is 19.1 Å². The van der Waals surface area contributed by atoms with E-state index >= 15 is 0 Å². The number of fused-ring (bicyclic) bond motifs is 1. The lowest BCUT2D eigenvalue weighted by molar-refractivity contribution is 0.0601. The van der Waals surface area contributed by atoms with E-state index in [1.54, 1.807) is 6.07 Å². The van der Waals surface area contributed by atoms with Crippen molar-refractivity contribution in [1.29, 1.82) is 0 Å². The molecule has 7 heteroatoms. The first-order valence-electron chi connectivity index (χ1n) is 8.86. The monoisotopic (exact) mass is 385 g/mol. The number of methoxy groups -OCH3 is 3. The molecule has 0 unspecified atom stereocenters. The molecule has 0 bridgehead atoms. The zero-order valence-corrected chi connectivity index (χ0v) is 16.5. The number of para-hydroxylation sites is 1. The van der Waals surface area contributed by atoms with E-state index in [1.807, 2.05) is 19.1 Å². The van der Waals surface area contributed by atoms with Gasteiger partial charge >= 0.3 is 5.97 Å². The van der Waals surface area contributed by atoms with Gasteiger partial charge in [-0.05, 0) is 13.0 Å². The lowest BCUT2D eigenvalue weighted by atomic mass is 9.96. The summed E-state index contributed by atoms with van der Waals surface area (Å²) >= 11 is 0. The number of hydrogen-bond acceptors (Lipinski definition) is 6. The summed E-state index contributed by atoms with van der Waals surface area (Å²) in [5.41, 5.74) is 1.80. The van der Waals surface area contributed by atoms with Gasteiger partial charge in [-0.3, -0.25) is 4.79 Å². The number of nitrogens with one attached hydrogen (secondary N) is 1. The largest absolute Gasteiger partial charge is 0.493 e. The number of ether oxygens (including phenoxy) is 4. The van der Waals surface area contributed by atoms with Gasteiger partial charge in [0.05, 0.1) is 38.1 Å². The Labute approximate surface area is 163 Å². The topological polar surface area (TPSA) is 83.1 Å². The number of benzene rings is 2. The summed E-state index contributed by atoms with van der Waals surface area (Å²) < 4.78 is 21.2. The predicted octanol–water partition coefficient (Wildman–Crippen LogP) is 3.63. The van der Waals surface area contributed by atoms with Gasteiger partial charge in [0, 0.05) is 23.6 Å². The van der Waals surface area contributed by atoms with E-state index in [1.165, 1.54) is 33.5 Å². The molecule has 0 saturated heterocycles. The van der Waals surface area contributed by atoms with Crippen molar-refractivity contribution in [1.82, 2.24) is 0 Å². The van der Waals surface area contributed by atoms with Crippen LogP contribution in [0, 0.1) is 0 Å². The average Bonchev–Trinajstić information content (AvgIpc) is 3.00. The van der Waals surface area contributed by atoms with Crippen LogP contribution in [0.1, 0.15) is 46.0 Å². The van der Waals surface area contributed by atoms with Crippen molar-refractivity contribution in [2.75, 3.05) is 26.6 Å². The number of anilines is 1. The molecule has 0 aromatic heterocycles. The maximum absolute atomic E-state index is 13.0. The van der Waals surface area contributed by atoms with Crippen molar-refractivity contribution in [3.8, 4) is 17.2 Å². The van der Waals surface area contributed by atoms with Gasteiger partial charge in [0.25, 0.3) is 5.91 Å². The third-order valence-corrected chi connectivity index (χ3v) is 4.97. The predicted molar refractivity (Wildman–Crippen MR) is 104 cm³/mol. The van der Waals surface area contributed by atoms with Gasteiger partial charge in [0.1, 0.15) is 11.9 Å². The van der Waals surface area contributed by atoms with Crippen LogP contribution < -0.4 is 19.5 Å². The molecule has 1 N–H and O–H groups in total. The molecule has 1 heterocycles. The fourth-order valence-corrected chi connectivity index (χ4v) is 3.22. The van der Waals surface area contributed by atoms with Gasteiger partial charge < -0.3 is 24.3 Å². The SMILES string of the molecule is COC(=O)c1cc(OC)c(OC)cc1NC(=O)c1cccc2c1O[C@@H](C)[C@@H]2C. The fourth-order valence-electron chi connectivity index (χ4n) is 3.22. The number of amides is 1. The van der Waals surface area contributed by atoms with Crippen LogP contribution in [0.3, 0.4) is 0 Å². The fraction of sp³-hybridized carbons (Fsp3) is 0.333. The minimum absolute atomic E-state index is 0.0179. The minimum Gasteiger partial charge on any atom is -0.493 e. The van der Waals surface area contributed by atoms with Crippen LogP contribution in [-0.2, 0) is 4.74 Å². The van der Waals surface area contributed by atoms with E-state index < -0.39 is 11.9 Å². The molecular weight excluding hydrogens is 362 g/mol. The molecule has 7 nitrogen and oxygen atoms in total. The molecule has 1 amide bonds. The molecule has 0 spiro atoms. The average molecular weight is 385 g/mol. The van der Waals surface area contributed by atoms with E-state index in [9.17, 15) is 9.59 Å². The van der Waals surface area contributed by atoms with Crippen molar-refractivity contribution in [3.63, 3.8) is 0 Å². The quantitative estimate of drug-likeness (QED) is 0.792. The van der Waals surface area contributed by atoms with Gasteiger partial charge in [-0.2, -0.15) is 0 Å². The standard InChI is InChI=1S/C21H23NO6/c1-11-12(2)28-19-13(11)7-6-8-14(19)20(23)22-16-10-18(26-4)17(25-3)9-15(16)21(24)27-5/h6-12H,1-5H3,(H,22,23)/t11-,12-/m0/s1. The van der Waals surface area contributed by atoms with E-state index in [4.69, 9.17) is 18.9 Å². The van der Waals surface area contributed by atoms with E-state index in [0.717, 1.165) is 5.56 Å². The van der Waals surface area contributed by atoms with E-state index in [2.05, 4.69) is 12.2 Å². The second-order valence-corrected chi connectivity index (χ2v) is 6.53. The molecule has 148 valence electrons. The van der Waals surface area contributed by atoms with Gasteiger partial charge in [-0.15, -0.1) is 0 Å². The van der Waals surface area contributed by atoms with E-state index in [0.29, 0.717) is 22.8 Å². The zero-order chi connectivity index (χ0) is 20.4. The number of carbonyl (C=O) groups is 2. The van der Waals surface area contributed by atoms with Crippen LogP contribution in [0.5, 0.6) is 17.2 Å². The Morgan fingerprint density at radius 3 is 2.32 bits per heavy atom. The molecule has 0 radical (unpaired) electrons. The summed E-state index contributed by atoms with van der Waals surface area (Å²) in [5, 5.41) is 2.77. The van der Waals surface area contributed by atoms with Crippen molar-refractivity contribution in [3.05, 3.63) is 47.0 Å². The summed E-state index contributed by atoms with van der Waals surface area (Å²) in [6, 6.07) is 8.46. The number of esters is 1. The van der Waals surface area contributed by atoms with Crippen LogP contribution in [0.25, 0.3) is 0 Å². The molecule has 1 aliphatic rings. The van der Waals surface area contributed by atoms with E-state index in [-0.39, 0.29) is 23.3 Å². The molecular formula is C21H23NO6.